The van der Waals surface area contributed by atoms with Crippen LogP contribution in [0.1, 0.15) is 33.3 Å². The molecule has 0 saturated carbocycles. The summed E-state index contributed by atoms with van der Waals surface area (Å²) in [5.74, 6) is -4.56. The second-order valence-corrected chi connectivity index (χ2v) is 6.52. The van der Waals surface area contributed by atoms with Crippen LogP contribution in [0.15, 0.2) is 24.4 Å². The number of nitrogens with one attached hydrogen (secondary N) is 2. The molecule has 0 saturated heterocycles. The fraction of sp³-hybridized carbons (Fsp3) is 0.222. The van der Waals surface area contributed by atoms with Gasteiger partial charge in [0, 0.05) is 18.9 Å². The summed E-state index contributed by atoms with van der Waals surface area (Å²) in [6.07, 6.45) is -3.73. The lowest BCUT2D eigenvalue weighted by Crippen LogP contribution is -2.45. The quantitative estimate of drug-likeness (QED) is 0.420. The van der Waals surface area contributed by atoms with E-state index in [1.807, 2.05) is 0 Å². The maximum atomic E-state index is 13.4. The highest BCUT2D eigenvalue weighted by Crippen LogP contribution is 2.26. The standard InChI is InChI=1S/C18H13ClF4N4O3/c1-8(18(21,22)23)25-17(30)15(28)11-7-27(2)14(13(11)19)16(29)26-10-3-4-12(20)9(5-10)6-24/h3-5,7-8H,1-2H3,(H,25,30)(H,26,29). The minimum absolute atomic E-state index is 0.0554. The summed E-state index contributed by atoms with van der Waals surface area (Å²) in [5.41, 5.74) is -1.02. The van der Waals surface area contributed by atoms with Gasteiger partial charge in [-0.05, 0) is 25.1 Å². The molecule has 2 rings (SSSR count). The van der Waals surface area contributed by atoms with Gasteiger partial charge in [-0.1, -0.05) is 11.6 Å². The number of amides is 2. The fourth-order valence-electron chi connectivity index (χ4n) is 2.36. The van der Waals surface area contributed by atoms with Gasteiger partial charge in [-0.15, -0.1) is 0 Å². The first-order chi connectivity index (χ1) is 13.9. The number of Topliss-reactive ketones (excluding diaryl/α,β-unsaturated/α-hetero) is 1. The zero-order valence-electron chi connectivity index (χ0n) is 15.4. The Morgan fingerprint density at radius 3 is 2.47 bits per heavy atom. The largest absolute Gasteiger partial charge is 0.408 e. The number of alkyl halides is 3. The van der Waals surface area contributed by atoms with Crippen LogP contribution >= 0.6 is 11.6 Å². The molecule has 158 valence electrons. The number of nitrogens with zero attached hydrogens (tertiary/aromatic N) is 2. The monoisotopic (exact) mass is 444 g/mol. The van der Waals surface area contributed by atoms with E-state index >= 15 is 0 Å². The van der Waals surface area contributed by atoms with E-state index in [9.17, 15) is 31.9 Å². The van der Waals surface area contributed by atoms with Gasteiger partial charge in [0.15, 0.2) is 0 Å². The maximum absolute atomic E-state index is 13.4. The van der Waals surface area contributed by atoms with Crippen LogP contribution in [0.25, 0.3) is 0 Å². The number of carbonyl (C=O) groups excluding carboxylic acids is 3. The van der Waals surface area contributed by atoms with Crippen LogP contribution in [0.3, 0.4) is 0 Å². The lowest BCUT2D eigenvalue weighted by Gasteiger charge is -2.16. The van der Waals surface area contributed by atoms with Gasteiger partial charge in [0.05, 0.1) is 16.1 Å². The van der Waals surface area contributed by atoms with Gasteiger partial charge in [0.2, 0.25) is 0 Å². The molecular formula is C18H13ClF4N4O3. The molecule has 1 unspecified atom stereocenters. The molecule has 0 aliphatic carbocycles. The second kappa shape index (κ2) is 8.54. The van der Waals surface area contributed by atoms with E-state index in [1.54, 1.807) is 6.07 Å². The molecule has 1 heterocycles. The smallest absolute Gasteiger partial charge is 0.345 e. The number of benzene rings is 1. The van der Waals surface area contributed by atoms with Crippen molar-refractivity contribution in [2.75, 3.05) is 5.32 Å². The number of hydrogen-bond donors (Lipinski definition) is 2. The molecule has 12 heteroatoms. The van der Waals surface area contributed by atoms with Crippen molar-refractivity contribution in [2.24, 2.45) is 7.05 Å². The molecule has 1 atom stereocenters. The number of rotatable bonds is 5. The van der Waals surface area contributed by atoms with Gasteiger partial charge < -0.3 is 15.2 Å². The predicted molar refractivity (Wildman–Crippen MR) is 97.5 cm³/mol. The minimum Gasteiger partial charge on any atom is -0.345 e. The van der Waals surface area contributed by atoms with Crippen LogP contribution in [0.4, 0.5) is 23.2 Å². The van der Waals surface area contributed by atoms with Gasteiger partial charge in [-0.25, -0.2) is 4.39 Å². The second-order valence-electron chi connectivity index (χ2n) is 6.14. The molecule has 1 aromatic heterocycles. The van der Waals surface area contributed by atoms with E-state index in [2.05, 4.69) is 5.32 Å². The number of nitriles is 1. The Hall–Kier alpha value is -3.39. The molecule has 30 heavy (non-hydrogen) atoms. The van der Waals surface area contributed by atoms with Crippen LogP contribution in [0.2, 0.25) is 5.02 Å². The van der Waals surface area contributed by atoms with Crippen molar-refractivity contribution in [1.29, 1.82) is 5.26 Å². The third kappa shape index (κ3) is 4.77. The van der Waals surface area contributed by atoms with E-state index in [1.165, 1.54) is 18.4 Å². The highest BCUT2D eigenvalue weighted by Gasteiger charge is 2.38. The summed E-state index contributed by atoms with van der Waals surface area (Å²) >= 11 is 6.02. The molecule has 0 aliphatic heterocycles. The van der Waals surface area contributed by atoms with Crippen molar-refractivity contribution in [3.05, 3.63) is 52.1 Å². The summed E-state index contributed by atoms with van der Waals surface area (Å²) in [6.45, 7) is 0.662. The molecule has 0 aliphatic rings. The van der Waals surface area contributed by atoms with E-state index in [0.29, 0.717) is 6.92 Å². The van der Waals surface area contributed by atoms with Crippen LogP contribution in [0, 0.1) is 17.1 Å². The summed E-state index contributed by atoms with van der Waals surface area (Å²) in [4.78, 5) is 36.6. The molecule has 2 N–H and O–H groups in total. The van der Waals surface area contributed by atoms with E-state index < -0.39 is 46.2 Å². The van der Waals surface area contributed by atoms with Gasteiger partial charge in [0.25, 0.3) is 17.6 Å². The van der Waals surface area contributed by atoms with Gasteiger partial charge in [-0.3, -0.25) is 14.4 Å². The molecule has 2 aromatic rings. The SMILES string of the molecule is CC(NC(=O)C(=O)c1cn(C)c(C(=O)Nc2ccc(F)c(C#N)c2)c1Cl)C(F)(F)F. The van der Waals surface area contributed by atoms with Crippen LogP contribution in [0.5, 0.6) is 0 Å². The number of carbonyl (C=O) groups is 3. The molecule has 0 fully saturated rings. The highest BCUT2D eigenvalue weighted by atomic mass is 35.5. The first kappa shape index (κ1) is 22.9. The van der Waals surface area contributed by atoms with Gasteiger partial charge in [-0.2, -0.15) is 18.4 Å². The minimum atomic E-state index is -4.75. The zero-order valence-corrected chi connectivity index (χ0v) is 16.2. The lowest BCUT2D eigenvalue weighted by atomic mass is 10.1. The number of hydrogen-bond acceptors (Lipinski definition) is 4. The van der Waals surface area contributed by atoms with Crippen molar-refractivity contribution in [1.82, 2.24) is 9.88 Å². The van der Waals surface area contributed by atoms with Crippen LogP contribution < -0.4 is 10.6 Å². The molecule has 1 aromatic carbocycles. The van der Waals surface area contributed by atoms with Crippen molar-refractivity contribution in [3.8, 4) is 6.07 Å². The highest BCUT2D eigenvalue weighted by molar-refractivity contribution is 6.48. The molecule has 0 spiro atoms. The molecule has 7 nitrogen and oxygen atoms in total. The zero-order chi connectivity index (χ0) is 22.8. The van der Waals surface area contributed by atoms with Gasteiger partial charge in [0.1, 0.15) is 23.6 Å². The van der Waals surface area contributed by atoms with Gasteiger partial charge >= 0.3 is 6.18 Å². The topological polar surface area (TPSA) is 104 Å². The predicted octanol–water partition coefficient (Wildman–Crippen LogP) is 3.19. The van der Waals surface area contributed by atoms with Crippen LogP contribution in [-0.4, -0.2) is 34.4 Å². The third-order valence-corrected chi connectivity index (χ3v) is 4.35. The molecule has 2 amide bonds. The summed E-state index contributed by atoms with van der Waals surface area (Å²) in [7, 11) is 1.32. The molecular weight excluding hydrogens is 432 g/mol. The third-order valence-electron chi connectivity index (χ3n) is 3.97. The first-order valence-electron chi connectivity index (χ1n) is 8.14. The Balaban J connectivity index is 2.26. The molecule has 0 bridgehead atoms. The summed E-state index contributed by atoms with van der Waals surface area (Å²) < 4.78 is 52.2. The number of aromatic nitrogens is 1. The van der Waals surface area contributed by atoms with E-state index in [0.717, 1.165) is 22.9 Å². The summed E-state index contributed by atoms with van der Waals surface area (Å²) in [6, 6.07) is 2.55. The summed E-state index contributed by atoms with van der Waals surface area (Å²) in [5, 5.41) is 12.2. The Labute approximate surface area is 172 Å². The lowest BCUT2D eigenvalue weighted by molar-refractivity contribution is -0.156. The normalized spacial score (nSPS) is 12.1. The van der Waals surface area contributed by atoms with E-state index in [-0.39, 0.29) is 16.9 Å². The number of aryl methyl sites for hydroxylation is 1. The number of anilines is 1. The molecule has 0 radical (unpaired) electrons. The van der Waals surface area contributed by atoms with Crippen LogP contribution in [-0.2, 0) is 11.8 Å². The van der Waals surface area contributed by atoms with E-state index in [4.69, 9.17) is 16.9 Å². The Bertz CT molecular complexity index is 1070. The average molecular weight is 445 g/mol. The number of halogens is 5. The van der Waals surface area contributed by atoms with Crippen molar-refractivity contribution in [2.45, 2.75) is 19.1 Å². The van der Waals surface area contributed by atoms with Crippen molar-refractivity contribution in [3.63, 3.8) is 0 Å². The first-order valence-corrected chi connectivity index (χ1v) is 8.52. The average Bonchev–Trinajstić information content (AvgIpc) is 2.95. The Kier molecular flexibility index (Phi) is 6.52. The maximum Gasteiger partial charge on any atom is 0.408 e. The Morgan fingerprint density at radius 2 is 1.90 bits per heavy atom. The number of ketones is 1. The van der Waals surface area contributed by atoms with Crippen molar-refractivity contribution < 1.29 is 31.9 Å². The fourth-order valence-corrected chi connectivity index (χ4v) is 2.71. The van der Waals surface area contributed by atoms with Crippen molar-refractivity contribution >= 4 is 34.9 Å². The Morgan fingerprint density at radius 1 is 1.27 bits per heavy atom.